The molecule has 3 amide bonds. The second-order valence-electron chi connectivity index (χ2n) is 10.0. The average molecular weight is 462 g/mol. The maximum Gasteiger partial charge on any atom is 0.424 e. The van der Waals surface area contributed by atoms with Gasteiger partial charge >= 0.3 is 11.9 Å². The first kappa shape index (κ1) is 23.7. The molecule has 3 fully saturated rings. The smallest absolute Gasteiger partial charge is 0.316 e. The van der Waals surface area contributed by atoms with Crippen molar-refractivity contribution in [1.82, 2.24) is 10.2 Å². The van der Waals surface area contributed by atoms with Crippen LogP contribution in [0.1, 0.15) is 69.4 Å². The Hall–Kier alpha value is -1.47. The van der Waals surface area contributed by atoms with Gasteiger partial charge in [0.25, 0.3) is 0 Å². The third-order valence-electron chi connectivity index (χ3n) is 8.02. The van der Waals surface area contributed by atoms with Crippen molar-refractivity contribution in [3.8, 4) is 0 Å². The highest BCUT2D eigenvalue weighted by Crippen LogP contribution is 2.33. The summed E-state index contributed by atoms with van der Waals surface area (Å²) in [5.41, 5.74) is 8.72. The Bertz CT molecular complexity index is 837. The first-order valence-electron chi connectivity index (χ1n) is 12.4. The van der Waals surface area contributed by atoms with Gasteiger partial charge in [-0.1, -0.05) is 36.9 Å². The van der Waals surface area contributed by atoms with E-state index in [2.05, 4.69) is 16.3 Å². The van der Waals surface area contributed by atoms with Crippen LogP contribution in [0.3, 0.4) is 0 Å². The molecule has 7 heteroatoms. The van der Waals surface area contributed by atoms with Gasteiger partial charge in [0.1, 0.15) is 12.1 Å². The average Bonchev–Trinajstić information content (AvgIpc) is 3.17. The van der Waals surface area contributed by atoms with Crippen molar-refractivity contribution >= 4 is 23.5 Å². The molecule has 0 aromatic heterocycles. The van der Waals surface area contributed by atoms with E-state index < -0.39 is 6.04 Å². The third kappa shape index (κ3) is 4.74. The molecule has 4 rings (SSSR count). The largest absolute Gasteiger partial charge is 0.424 e. The number of benzene rings is 1. The van der Waals surface area contributed by atoms with Gasteiger partial charge in [0.05, 0.1) is 6.54 Å². The van der Waals surface area contributed by atoms with Crippen LogP contribution < -0.4 is 11.1 Å². The van der Waals surface area contributed by atoms with Crippen molar-refractivity contribution in [1.29, 1.82) is 0 Å². The quantitative estimate of drug-likeness (QED) is 0.623. The predicted octanol–water partition coefficient (Wildman–Crippen LogP) is 4.19. The summed E-state index contributed by atoms with van der Waals surface area (Å²) in [6.07, 6.45) is 8.43. The molecule has 1 aromatic rings. The normalized spacial score (nSPS) is 27.7. The molecule has 1 aromatic carbocycles. The number of quaternary nitrogens is 1. The van der Waals surface area contributed by atoms with Crippen molar-refractivity contribution in [2.24, 2.45) is 11.7 Å². The van der Waals surface area contributed by atoms with Crippen molar-refractivity contribution in [2.75, 3.05) is 19.6 Å². The second kappa shape index (κ2) is 10.2. The lowest BCUT2D eigenvalue weighted by molar-refractivity contribution is -0.785. The summed E-state index contributed by atoms with van der Waals surface area (Å²) in [7, 11) is 0. The van der Waals surface area contributed by atoms with Gasteiger partial charge in [-0.15, -0.1) is 0 Å². The number of carbonyl (C=O) groups excluding carboxylic acids is 2. The van der Waals surface area contributed by atoms with E-state index in [0.717, 1.165) is 63.7 Å². The van der Waals surface area contributed by atoms with Crippen LogP contribution in [-0.4, -0.2) is 53.0 Å². The zero-order valence-electron chi connectivity index (χ0n) is 19.3. The Morgan fingerprint density at radius 3 is 2.50 bits per heavy atom. The fraction of sp³-hybridized carbons (Fsp3) is 0.680. The molecular weight excluding hydrogens is 424 g/mol. The fourth-order valence-corrected chi connectivity index (χ4v) is 5.97. The number of hydrogen-bond acceptors (Lipinski definition) is 4. The maximum absolute atomic E-state index is 13.7. The summed E-state index contributed by atoms with van der Waals surface area (Å²) in [6.45, 7) is 6.03. The number of nitrogens with two attached hydrogens (primary N) is 1. The first-order valence-corrected chi connectivity index (χ1v) is 12.8. The lowest BCUT2D eigenvalue weighted by atomic mass is 9.83. The van der Waals surface area contributed by atoms with E-state index in [1.807, 2.05) is 19.1 Å². The second-order valence-corrected chi connectivity index (χ2v) is 10.5. The van der Waals surface area contributed by atoms with Crippen LogP contribution in [0, 0.1) is 5.92 Å². The molecule has 32 heavy (non-hydrogen) atoms. The number of likely N-dealkylation sites (tertiary alicyclic amines) is 2. The number of amides is 3. The lowest BCUT2D eigenvalue weighted by Gasteiger charge is -2.37. The molecule has 3 atom stereocenters. The molecule has 0 radical (unpaired) electrons. The van der Waals surface area contributed by atoms with Crippen LogP contribution in [0.15, 0.2) is 18.2 Å². The van der Waals surface area contributed by atoms with E-state index in [4.69, 9.17) is 17.3 Å². The Morgan fingerprint density at radius 2 is 1.88 bits per heavy atom. The minimum Gasteiger partial charge on any atom is -0.316 e. The number of carbonyl (C=O) groups is 2. The fourth-order valence-electron chi connectivity index (χ4n) is 5.77. The molecule has 1 aliphatic carbocycles. The van der Waals surface area contributed by atoms with Gasteiger partial charge in [-0.05, 0) is 68.5 Å². The predicted molar refractivity (Wildman–Crippen MR) is 127 cm³/mol. The Labute approximate surface area is 197 Å². The van der Waals surface area contributed by atoms with E-state index in [1.54, 1.807) is 0 Å². The van der Waals surface area contributed by atoms with Crippen LogP contribution in [0.2, 0.25) is 5.02 Å². The molecular formula is C25H38ClN4O2+. The SMILES string of the molecule is C[C@@H]1CCC[N+]1(C(=O)NCc1cc(Cl)ccc1CN1CCC1)C(=O)[C@H](N)C1CCCCC1. The van der Waals surface area contributed by atoms with E-state index in [0.29, 0.717) is 18.1 Å². The number of rotatable bonds is 6. The molecule has 176 valence electrons. The number of nitrogens with one attached hydrogen (secondary N) is 1. The Kier molecular flexibility index (Phi) is 7.55. The summed E-state index contributed by atoms with van der Waals surface area (Å²) in [5, 5.41) is 3.77. The van der Waals surface area contributed by atoms with E-state index in [9.17, 15) is 9.59 Å². The molecule has 0 spiro atoms. The summed E-state index contributed by atoms with van der Waals surface area (Å²) in [4.78, 5) is 29.7. The molecule has 3 N–H and O–H groups in total. The van der Waals surface area contributed by atoms with Crippen LogP contribution in [-0.2, 0) is 17.9 Å². The highest BCUT2D eigenvalue weighted by atomic mass is 35.5. The van der Waals surface area contributed by atoms with E-state index in [1.165, 1.54) is 18.4 Å². The van der Waals surface area contributed by atoms with Crippen LogP contribution in [0.4, 0.5) is 4.79 Å². The summed E-state index contributed by atoms with van der Waals surface area (Å²) < 4.78 is -0.153. The van der Waals surface area contributed by atoms with Gasteiger partial charge in [-0.2, -0.15) is 4.48 Å². The molecule has 0 bridgehead atoms. The Balaban J connectivity index is 1.49. The van der Waals surface area contributed by atoms with Crippen molar-refractivity contribution in [2.45, 2.75) is 83.5 Å². The molecule has 2 saturated heterocycles. The number of imide groups is 1. The zero-order chi connectivity index (χ0) is 22.7. The van der Waals surface area contributed by atoms with E-state index in [-0.39, 0.29) is 28.4 Å². The van der Waals surface area contributed by atoms with Crippen LogP contribution in [0.5, 0.6) is 0 Å². The number of urea groups is 1. The summed E-state index contributed by atoms with van der Waals surface area (Å²) in [6, 6.07) is 5.08. The molecule has 3 aliphatic rings. The van der Waals surface area contributed by atoms with Gasteiger partial charge in [0.2, 0.25) is 0 Å². The van der Waals surface area contributed by atoms with Gasteiger partial charge in [-0.3, -0.25) is 4.90 Å². The van der Waals surface area contributed by atoms with Gasteiger partial charge in [0, 0.05) is 31.0 Å². The van der Waals surface area contributed by atoms with Crippen molar-refractivity contribution < 1.29 is 14.1 Å². The molecule has 6 nitrogen and oxygen atoms in total. The van der Waals surface area contributed by atoms with Gasteiger partial charge < -0.3 is 11.1 Å². The first-order chi connectivity index (χ1) is 15.4. The molecule has 1 saturated carbocycles. The molecule has 2 heterocycles. The summed E-state index contributed by atoms with van der Waals surface area (Å²) >= 11 is 6.27. The highest BCUT2D eigenvalue weighted by molar-refractivity contribution is 6.30. The van der Waals surface area contributed by atoms with Gasteiger partial charge in [0.15, 0.2) is 0 Å². The lowest BCUT2D eigenvalue weighted by Crippen LogP contribution is -2.67. The highest BCUT2D eigenvalue weighted by Gasteiger charge is 2.55. The maximum atomic E-state index is 13.7. The van der Waals surface area contributed by atoms with Crippen molar-refractivity contribution in [3.63, 3.8) is 0 Å². The van der Waals surface area contributed by atoms with E-state index >= 15 is 0 Å². The van der Waals surface area contributed by atoms with Crippen molar-refractivity contribution in [3.05, 3.63) is 34.3 Å². The molecule has 1 unspecified atom stereocenters. The number of nitrogens with zero attached hydrogens (tertiary/aromatic N) is 2. The zero-order valence-corrected chi connectivity index (χ0v) is 20.1. The summed E-state index contributed by atoms with van der Waals surface area (Å²) in [5.74, 6) is 0.106. The minimum atomic E-state index is -0.560. The minimum absolute atomic E-state index is 0.0444. The third-order valence-corrected chi connectivity index (χ3v) is 8.26. The monoisotopic (exact) mass is 461 g/mol. The topological polar surface area (TPSA) is 75.4 Å². The number of halogens is 1. The molecule has 2 aliphatic heterocycles. The van der Waals surface area contributed by atoms with Crippen LogP contribution in [0.25, 0.3) is 0 Å². The standard InChI is InChI=1S/C25H37ClN4O2/c1-18-7-5-14-30(18,24(31)23(27)19-8-3-2-4-9-19)25(32)28-16-21-15-22(26)11-10-20(21)17-29-12-6-13-29/h10-11,15,18-19,23H,2-9,12-14,16-17,27H2,1H3/p+1/t18-,23-,30?/m1/s1. The number of hydrogen-bond donors (Lipinski definition) is 2. The van der Waals surface area contributed by atoms with Crippen LogP contribution >= 0.6 is 11.6 Å². The van der Waals surface area contributed by atoms with Gasteiger partial charge in [-0.25, -0.2) is 9.59 Å². The Morgan fingerprint density at radius 1 is 1.12 bits per heavy atom.